The molecule has 0 atom stereocenters. The first kappa shape index (κ1) is 8.69. The van der Waals surface area contributed by atoms with Crippen molar-refractivity contribution in [2.24, 2.45) is 0 Å². The summed E-state index contributed by atoms with van der Waals surface area (Å²) < 4.78 is 0. The molecule has 0 aliphatic heterocycles. The molecule has 70 valence electrons. The lowest BCUT2D eigenvalue weighted by molar-refractivity contribution is -0.107. The van der Waals surface area contributed by atoms with E-state index in [1.54, 1.807) is 12.1 Å². The number of aldehydes is 1. The largest absolute Gasteiger partial charge is 0.361 e. The highest BCUT2D eigenvalue weighted by Crippen LogP contribution is 2.14. The van der Waals surface area contributed by atoms with E-state index >= 15 is 0 Å². The van der Waals surface area contributed by atoms with Crippen molar-refractivity contribution in [3.05, 3.63) is 36.0 Å². The maximum atomic E-state index is 11.4. The third-order valence-corrected chi connectivity index (χ3v) is 2.15. The zero-order chi connectivity index (χ0) is 9.97. The van der Waals surface area contributed by atoms with Gasteiger partial charge in [0.1, 0.15) is 6.29 Å². The number of rotatable bonds is 3. The van der Waals surface area contributed by atoms with Crippen molar-refractivity contribution in [3.8, 4) is 0 Å². The number of carbonyl (C=O) groups is 2. The van der Waals surface area contributed by atoms with Crippen LogP contribution < -0.4 is 0 Å². The van der Waals surface area contributed by atoms with Gasteiger partial charge in [-0.3, -0.25) is 4.79 Å². The lowest BCUT2D eigenvalue weighted by Gasteiger charge is -1.96. The number of aromatic amines is 1. The number of fused-ring (bicyclic) bond motifs is 1. The summed E-state index contributed by atoms with van der Waals surface area (Å²) in [5, 5.41) is 1.06. The van der Waals surface area contributed by atoms with Crippen molar-refractivity contribution in [2.75, 3.05) is 0 Å². The van der Waals surface area contributed by atoms with E-state index < -0.39 is 0 Å². The lowest BCUT2D eigenvalue weighted by Crippen LogP contribution is -1.98. The van der Waals surface area contributed by atoms with Crippen molar-refractivity contribution < 1.29 is 9.59 Å². The van der Waals surface area contributed by atoms with Gasteiger partial charge in [-0.05, 0) is 17.5 Å². The number of ketones is 1. The quantitative estimate of drug-likeness (QED) is 0.453. The first-order valence-corrected chi connectivity index (χ1v) is 4.35. The molecular formula is C11H9NO2. The Balaban J connectivity index is 2.43. The molecule has 1 N–H and O–H groups in total. The average Bonchev–Trinajstić information content (AvgIpc) is 2.64. The Morgan fingerprint density at radius 3 is 3.00 bits per heavy atom. The van der Waals surface area contributed by atoms with Crippen LogP contribution in [-0.2, 0) is 4.79 Å². The minimum atomic E-state index is -0.142. The number of hydrogen-bond donors (Lipinski definition) is 1. The van der Waals surface area contributed by atoms with Crippen LogP contribution >= 0.6 is 0 Å². The molecule has 2 aromatic rings. The van der Waals surface area contributed by atoms with E-state index in [4.69, 9.17) is 0 Å². The number of benzene rings is 1. The molecule has 0 fully saturated rings. The molecule has 0 amide bonds. The standard InChI is InChI=1S/C11H9NO2/c13-6-4-11(14)9-2-1-8-3-5-12-10(8)7-9/h1-3,5-7,12H,4H2. The Morgan fingerprint density at radius 2 is 2.21 bits per heavy atom. The number of Topliss-reactive ketones (excluding diaryl/α,β-unsaturated/α-hetero) is 1. The fourth-order valence-corrected chi connectivity index (χ4v) is 1.41. The molecule has 1 aromatic heterocycles. The second-order valence-corrected chi connectivity index (χ2v) is 3.07. The maximum Gasteiger partial charge on any atom is 0.170 e. The van der Waals surface area contributed by atoms with Crippen molar-refractivity contribution >= 4 is 23.0 Å². The fraction of sp³-hybridized carbons (Fsp3) is 0.0909. The van der Waals surface area contributed by atoms with Crippen LogP contribution in [0, 0.1) is 0 Å². The Labute approximate surface area is 80.7 Å². The maximum absolute atomic E-state index is 11.4. The van der Waals surface area contributed by atoms with E-state index in [2.05, 4.69) is 4.98 Å². The van der Waals surface area contributed by atoms with E-state index in [9.17, 15) is 9.59 Å². The molecule has 0 radical (unpaired) electrons. The molecular weight excluding hydrogens is 178 g/mol. The van der Waals surface area contributed by atoms with Gasteiger partial charge in [-0.15, -0.1) is 0 Å². The van der Waals surface area contributed by atoms with E-state index in [0.29, 0.717) is 11.8 Å². The molecule has 0 saturated heterocycles. The van der Waals surface area contributed by atoms with Crippen molar-refractivity contribution in [2.45, 2.75) is 6.42 Å². The summed E-state index contributed by atoms with van der Waals surface area (Å²) >= 11 is 0. The third-order valence-electron chi connectivity index (χ3n) is 2.15. The number of nitrogens with one attached hydrogen (secondary N) is 1. The van der Waals surface area contributed by atoms with Gasteiger partial charge < -0.3 is 9.78 Å². The normalized spacial score (nSPS) is 10.3. The van der Waals surface area contributed by atoms with Crippen molar-refractivity contribution in [1.29, 1.82) is 0 Å². The van der Waals surface area contributed by atoms with Gasteiger partial charge in [0.2, 0.25) is 0 Å². The molecule has 0 saturated carbocycles. The first-order chi connectivity index (χ1) is 6.81. The zero-order valence-electron chi connectivity index (χ0n) is 7.49. The van der Waals surface area contributed by atoms with Gasteiger partial charge in [0.15, 0.2) is 5.78 Å². The van der Waals surface area contributed by atoms with Gasteiger partial charge in [0.25, 0.3) is 0 Å². The van der Waals surface area contributed by atoms with Crippen molar-refractivity contribution in [1.82, 2.24) is 4.98 Å². The summed E-state index contributed by atoms with van der Waals surface area (Å²) in [6.07, 6.45) is 2.39. The van der Waals surface area contributed by atoms with Gasteiger partial charge in [-0.1, -0.05) is 12.1 Å². The van der Waals surface area contributed by atoms with Crippen molar-refractivity contribution in [3.63, 3.8) is 0 Å². The summed E-state index contributed by atoms with van der Waals surface area (Å²) in [6, 6.07) is 7.30. The summed E-state index contributed by atoms with van der Waals surface area (Å²) in [5.74, 6) is -0.142. The van der Waals surface area contributed by atoms with E-state index in [1.165, 1.54) is 0 Å². The lowest BCUT2D eigenvalue weighted by atomic mass is 10.1. The Hall–Kier alpha value is -1.90. The summed E-state index contributed by atoms with van der Waals surface area (Å²) in [7, 11) is 0. The summed E-state index contributed by atoms with van der Waals surface area (Å²) in [6.45, 7) is 0. The number of H-pyrrole nitrogens is 1. The highest BCUT2D eigenvalue weighted by Gasteiger charge is 2.05. The monoisotopic (exact) mass is 187 g/mol. The second-order valence-electron chi connectivity index (χ2n) is 3.07. The topological polar surface area (TPSA) is 49.9 Å². The average molecular weight is 187 g/mol. The Bertz CT molecular complexity index is 485. The first-order valence-electron chi connectivity index (χ1n) is 4.35. The van der Waals surface area contributed by atoms with Gasteiger partial charge in [0.05, 0.1) is 6.42 Å². The van der Waals surface area contributed by atoms with Gasteiger partial charge in [-0.25, -0.2) is 0 Å². The molecule has 0 bridgehead atoms. The van der Waals surface area contributed by atoms with Crippen LogP contribution in [0.5, 0.6) is 0 Å². The minimum absolute atomic E-state index is 0.0494. The number of hydrogen-bond acceptors (Lipinski definition) is 2. The second kappa shape index (κ2) is 3.46. The Kier molecular flexibility index (Phi) is 2.14. The molecule has 0 unspecified atom stereocenters. The van der Waals surface area contributed by atoms with Crippen LogP contribution in [0.1, 0.15) is 16.8 Å². The highest BCUT2D eigenvalue weighted by atomic mass is 16.1. The molecule has 0 aliphatic rings. The molecule has 0 spiro atoms. The van der Waals surface area contributed by atoms with Gasteiger partial charge >= 0.3 is 0 Å². The van der Waals surface area contributed by atoms with E-state index in [0.717, 1.165) is 10.9 Å². The smallest absolute Gasteiger partial charge is 0.170 e. The van der Waals surface area contributed by atoms with Gasteiger partial charge in [0, 0.05) is 17.3 Å². The predicted molar refractivity (Wildman–Crippen MR) is 53.3 cm³/mol. The number of aromatic nitrogens is 1. The van der Waals surface area contributed by atoms with Crippen LogP contribution in [0.25, 0.3) is 10.9 Å². The summed E-state index contributed by atoms with van der Waals surface area (Å²) in [4.78, 5) is 24.6. The molecule has 0 aliphatic carbocycles. The van der Waals surface area contributed by atoms with E-state index in [-0.39, 0.29) is 12.2 Å². The molecule has 1 aromatic carbocycles. The minimum Gasteiger partial charge on any atom is -0.361 e. The van der Waals surface area contributed by atoms with Crippen LogP contribution in [0.15, 0.2) is 30.5 Å². The van der Waals surface area contributed by atoms with Crippen LogP contribution in [-0.4, -0.2) is 17.1 Å². The summed E-state index contributed by atoms with van der Waals surface area (Å²) in [5.41, 5.74) is 1.49. The van der Waals surface area contributed by atoms with Crippen LogP contribution in [0.3, 0.4) is 0 Å². The predicted octanol–water partition coefficient (Wildman–Crippen LogP) is 1.94. The van der Waals surface area contributed by atoms with Crippen LogP contribution in [0.4, 0.5) is 0 Å². The molecule has 3 heteroatoms. The molecule has 2 rings (SSSR count). The highest BCUT2D eigenvalue weighted by molar-refractivity contribution is 6.04. The molecule has 1 heterocycles. The Morgan fingerprint density at radius 1 is 1.36 bits per heavy atom. The van der Waals surface area contributed by atoms with Gasteiger partial charge in [-0.2, -0.15) is 0 Å². The fourth-order valence-electron chi connectivity index (χ4n) is 1.41. The molecule has 3 nitrogen and oxygen atoms in total. The number of carbonyl (C=O) groups excluding carboxylic acids is 2. The van der Waals surface area contributed by atoms with E-state index in [1.807, 2.05) is 18.3 Å². The van der Waals surface area contributed by atoms with Crippen LogP contribution in [0.2, 0.25) is 0 Å². The SMILES string of the molecule is O=CCC(=O)c1ccc2cc[nH]c2c1. The zero-order valence-corrected chi connectivity index (χ0v) is 7.49. The molecule has 14 heavy (non-hydrogen) atoms. The third kappa shape index (κ3) is 1.44.